The summed E-state index contributed by atoms with van der Waals surface area (Å²) in [5.74, 6) is -0.255. The Morgan fingerprint density at radius 2 is 2.07 bits per heavy atom. The van der Waals surface area contributed by atoms with Crippen LogP contribution < -0.4 is 10.5 Å². The lowest BCUT2D eigenvalue weighted by molar-refractivity contribution is 0.248. The zero-order chi connectivity index (χ0) is 11.5. The van der Waals surface area contributed by atoms with Crippen LogP contribution in [0.3, 0.4) is 0 Å². The molecule has 0 spiro atoms. The number of hydrogen-bond donors (Lipinski definition) is 2. The van der Waals surface area contributed by atoms with Crippen molar-refractivity contribution in [2.75, 3.05) is 25.9 Å². The summed E-state index contributed by atoms with van der Waals surface area (Å²) in [6.45, 7) is 1.83. The van der Waals surface area contributed by atoms with Crippen LogP contribution in [0, 0.1) is 0 Å². The summed E-state index contributed by atoms with van der Waals surface area (Å²) in [4.78, 5) is 2.19. The Bertz CT molecular complexity index is 321. The van der Waals surface area contributed by atoms with Gasteiger partial charge in [-0.2, -0.15) is 0 Å². The van der Waals surface area contributed by atoms with Gasteiger partial charge in [0.1, 0.15) is 5.75 Å². The number of rotatable bonds is 4. The summed E-state index contributed by atoms with van der Waals surface area (Å²) in [5, 5.41) is 0. The summed E-state index contributed by atoms with van der Waals surface area (Å²) in [5.41, 5.74) is 5.21. The first-order valence-corrected chi connectivity index (χ1v) is 6.92. The van der Waals surface area contributed by atoms with E-state index in [1.807, 2.05) is 7.05 Å². The Hall–Kier alpha value is -0.240. The number of nitrogens with two attached hydrogens (primary N) is 1. The number of thiocarbonyl (C=S) groups is 1. The van der Waals surface area contributed by atoms with Crippen LogP contribution in [-0.4, -0.2) is 50.2 Å². The van der Waals surface area contributed by atoms with Crippen molar-refractivity contribution in [2.45, 2.75) is 18.9 Å². The van der Waals surface area contributed by atoms with Gasteiger partial charge in [-0.15, -0.1) is 0 Å². The highest BCUT2D eigenvalue weighted by molar-refractivity contribution is 7.92. The third kappa shape index (κ3) is 4.87. The van der Waals surface area contributed by atoms with Gasteiger partial charge >= 0.3 is 0 Å². The Labute approximate surface area is 96.1 Å². The second-order valence-electron chi connectivity index (χ2n) is 3.92. The molecule has 0 amide bonds. The van der Waals surface area contributed by atoms with E-state index in [0.717, 1.165) is 25.9 Å². The van der Waals surface area contributed by atoms with E-state index in [9.17, 15) is 8.42 Å². The molecule has 0 atom stereocenters. The molecule has 0 radical (unpaired) electrons. The summed E-state index contributed by atoms with van der Waals surface area (Å²) in [6.07, 6.45) is 1.68. The molecule has 0 saturated carbocycles. The largest absolute Gasteiger partial charge is 0.392 e. The molecule has 0 unspecified atom stereocenters. The lowest BCUT2D eigenvalue weighted by Crippen LogP contribution is -2.45. The number of piperidine rings is 1. The fraction of sp³-hybridized carbons (Fsp3) is 0.875. The summed E-state index contributed by atoms with van der Waals surface area (Å²) in [6, 6.07) is 0.0283. The van der Waals surface area contributed by atoms with Crippen molar-refractivity contribution < 1.29 is 8.42 Å². The lowest BCUT2D eigenvalue weighted by atomic mass is 10.1. The molecule has 1 fully saturated rings. The van der Waals surface area contributed by atoms with Gasteiger partial charge in [0.2, 0.25) is 10.0 Å². The zero-order valence-corrected chi connectivity index (χ0v) is 10.4. The van der Waals surface area contributed by atoms with E-state index in [-0.39, 0.29) is 16.8 Å². The van der Waals surface area contributed by atoms with Crippen molar-refractivity contribution in [3.63, 3.8) is 0 Å². The second-order valence-corrected chi connectivity index (χ2v) is 6.20. The molecule has 0 aromatic carbocycles. The van der Waals surface area contributed by atoms with Crippen molar-refractivity contribution in [1.29, 1.82) is 0 Å². The quantitative estimate of drug-likeness (QED) is 0.645. The van der Waals surface area contributed by atoms with Gasteiger partial charge in [-0.05, 0) is 33.0 Å². The van der Waals surface area contributed by atoms with E-state index in [1.165, 1.54) is 0 Å². The third-order valence-corrected chi connectivity index (χ3v) is 4.11. The molecule has 88 valence electrons. The summed E-state index contributed by atoms with van der Waals surface area (Å²) < 4.78 is 25.6. The standard InChI is InChI=1S/C8H17N3O2S2/c1-11-4-2-7(3-5-11)10-15(12,13)6-8(9)14/h7,10H,2-6H2,1H3,(H2,9,14). The van der Waals surface area contributed by atoms with E-state index in [4.69, 9.17) is 5.73 Å². The molecule has 15 heavy (non-hydrogen) atoms. The molecule has 0 aromatic rings. The predicted molar refractivity (Wildman–Crippen MR) is 64.2 cm³/mol. The van der Waals surface area contributed by atoms with Crippen molar-refractivity contribution in [3.05, 3.63) is 0 Å². The van der Waals surface area contributed by atoms with Crippen LogP contribution in [0.25, 0.3) is 0 Å². The van der Waals surface area contributed by atoms with Crippen LogP contribution in [0.2, 0.25) is 0 Å². The Balaban J connectivity index is 2.44. The maximum Gasteiger partial charge on any atom is 0.218 e. The van der Waals surface area contributed by atoms with Crippen molar-refractivity contribution in [3.8, 4) is 0 Å². The fourth-order valence-corrected chi connectivity index (χ4v) is 3.28. The molecule has 5 nitrogen and oxygen atoms in total. The van der Waals surface area contributed by atoms with E-state index in [2.05, 4.69) is 21.8 Å². The number of nitrogens with one attached hydrogen (secondary N) is 1. The topological polar surface area (TPSA) is 75.4 Å². The third-order valence-electron chi connectivity index (χ3n) is 2.40. The molecule has 1 aliphatic heterocycles. The van der Waals surface area contributed by atoms with E-state index >= 15 is 0 Å². The Kier molecular flexibility index (Phi) is 4.45. The molecule has 1 saturated heterocycles. The molecule has 0 aromatic heterocycles. The van der Waals surface area contributed by atoms with Crippen LogP contribution >= 0.6 is 12.2 Å². The van der Waals surface area contributed by atoms with Gasteiger partial charge < -0.3 is 10.6 Å². The molecule has 1 heterocycles. The number of nitrogens with zero attached hydrogens (tertiary/aromatic N) is 1. The molecule has 0 bridgehead atoms. The van der Waals surface area contributed by atoms with Crippen LogP contribution in [0.1, 0.15) is 12.8 Å². The van der Waals surface area contributed by atoms with E-state index < -0.39 is 10.0 Å². The fourth-order valence-electron chi connectivity index (χ4n) is 1.61. The van der Waals surface area contributed by atoms with Gasteiger partial charge in [0.25, 0.3) is 0 Å². The average molecular weight is 251 g/mol. The highest BCUT2D eigenvalue weighted by Gasteiger charge is 2.22. The van der Waals surface area contributed by atoms with Crippen LogP contribution in [0.15, 0.2) is 0 Å². The van der Waals surface area contributed by atoms with Gasteiger partial charge in [0.05, 0.1) is 4.99 Å². The molecule has 7 heteroatoms. The Morgan fingerprint density at radius 1 is 1.53 bits per heavy atom. The smallest absolute Gasteiger partial charge is 0.218 e. The highest BCUT2D eigenvalue weighted by Crippen LogP contribution is 2.09. The highest BCUT2D eigenvalue weighted by atomic mass is 32.2. The van der Waals surface area contributed by atoms with Gasteiger partial charge in [-0.3, -0.25) is 0 Å². The van der Waals surface area contributed by atoms with Crippen LogP contribution in [-0.2, 0) is 10.0 Å². The second kappa shape index (κ2) is 5.20. The monoisotopic (exact) mass is 251 g/mol. The Morgan fingerprint density at radius 3 is 2.53 bits per heavy atom. The molecule has 1 rings (SSSR count). The van der Waals surface area contributed by atoms with Crippen molar-refractivity contribution in [1.82, 2.24) is 9.62 Å². The first-order chi connectivity index (χ1) is 6.89. The molecule has 0 aliphatic carbocycles. The maximum absolute atomic E-state index is 11.5. The minimum atomic E-state index is -3.33. The minimum absolute atomic E-state index is 0.00966. The van der Waals surface area contributed by atoms with Gasteiger partial charge in [0.15, 0.2) is 0 Å². The normalized spacial score (nSPS) is 20.3. The molecular formula is C8H17N3O2S2. The van der Waals surface area contributed by atoms with E-state index in [1.54, 1.807) is 0 Å². The summed E-state index contributed by atoms with van der Waals surface area (Å²) in [7, 11) is -1.31. The average Bonchev–Trinajstić information content (AvgIpc) is 2.06. The van der Waals surface area contributed by atoms with Crippen LogP contribution in [0.5, 0.6) is 0 Å². The van der Waals surface area contributed by atoms with Crippen molar-refractivity contribution >= 4 is 27.2 Å². The maximum atomic E-state index is 11.5. The number of sulfonamides is 1. The van der Waals surface area contributed by atoms with Crippen molar-refractivity contribution in [2.24, 2.45) is 5.73 Å². The minimum Gasteiger partial charge on any atom is -0.392 e. The summed E-state index contributed by atoms with van der Waals surface area (Å²) >= 11 is 4.58. The zero-order valence-electron chi connectivity index (χ0n) is 8.77. The first-order valence-electron chi connectivity index (χ1n) is 4.86. The molecule has 1 aliphatic rings. The predicted octanol–water partition coefficient (Wildman–Crippen LogP) is -0.714. The lowest BCUT2D eigenvalue weighted by Gasteiger charge is -2.29. The number of hydrogen-bond acceptors (Lipinski definition) is 4. The van der Waals surface area contributed by atoms with E-state index in [0.29, 0.717) is 0 Å². The van der Waals surface area contributed by atoms with Crippen LogP contribution in [0.4, 0.5) is 0 Å². The number of likely N-dealkylation sites (tertiary alicyclic amines) is 1. The molecule has 3 N–H and O–H groups in total. The van der Waals surface area contributed by atoms with Gasteiger partial charge in [-0.1, -0.05) is 12.2 Å². The van der Waals surface area contributed by atoms with Gasteiger partial charge in [-0.25, -0.2) is 13.1 Å². The molecular weight excluding hydrogens is 234 g/mol. The SMILES string of the molecule is CN1CCC(NS(=O)(=O)CC(N)=S)CC1. The van der Waals surface area contributed by atoms with Gasteiger partial charge in [0, 0.05) is 6.04 Å². The first kappa shape index (κ1) is 12.8.